The van der Waals surface area contributed by atoms with E-state index < -0.39 is 0 Å². The first-order chi connectivity index (χ1) is 9.01. The van der Waals surface area contributed by atoms with Crippen molar-refractivity contribution in [1.29, 1.82) is 0 Å². The van der Waals surface area contributed by atoms with Crippen LogP contribution < -0.4 is 11.3 Å². The summed E-state index contributed by atoms with van der Waals surface area (Å²) in [4.78, 5) is 38.9. The van der Waals surface area contributed by atoms with E-state index in [2.05, 4.69) is 5.43 Å². The number of hydrazine groups is 1. The number of nitrogen functional groups attached to an aromatic ring is 1. The fourth-order valence-electron chi connectivity index (χ4n) is 1.75. The Morgan fingerprint density at radius 2 is 2.11 bits per heavy atom. The molecule has 0 bridgehead atoms. The first-order valence-corrected chi connectivity index (χ1v) is 6.44. The normalized spacial score (nSPS) is 15.9. The van der Waals surface area contributed by atoms with E-state index in [4.69, 9.17) is 5.84 Å². The van der Waals surface area contributed by atoms with Crippen LogP contribution >= 0.6 is 11.3 Å². The van der Waals surface area contributed by atoms with Crippen molar-refractivity contribution >= 4 is 29.1 Å². The average molecular weight is 282 g/mol. The molecule has 19 heavy (non-hydrogen) atoms. The summed E-state index contributed by atoms with van der Waals surface area (Å²) in [7, 11) is 1.60. The summed E-state index contributed by atoms with van der Waals surface area (Å²) in [5.74, 6) is 4.50. The number of nitrogens with two attached hydrogens (primary N) is 1. The summed E-state index contributed by atoms with van der Waals surface area (Å²) in [5, 5.41) is 0. The van der Waals surface area contributed by atoms with Gasteiger partial charge < -0.3 is 9.80 Å². The molecule has 0 saturated carbocycles. The molecule has 2 rings (SSSR count). The Morgan fingerprint density at radius 3 is 2.79 bits per heavy atom. The van der Waals surface area contributed by atoms with Gasteiger partial charge in [-0.05, 0) is 12.1 Å². The molecule has 102 valence electrons. The van der Waals surface area contributed by atoms with Crippen molar-refractivity contribution in [2.75, 3.05) is 20.1 Å². The highest BCUT2D eigenvalue weighted by atomic mass is 32.1. The maximum absolute atomic E-state index is 11.8. The molecule has 0 spiro atoms. The largest absolute Gasteiger partial charge is 0.335 e. The summed E-state index contributed by atoms with van der Waals surface area (Å²) in [6, 6.07) is 3.40. The van der Waals surface area contributed by atoms with Crippen molar-refractivity contribution in [2.24, 2.45) is 5.84 Å². The minimum Gasteiger partial charge on any atom is -0.335 e. The molecule has 1 aromatic rings. The third-order valence-electron chi connectivity index (χ3n) is 2.84. The molecule has 3 amide bonds. The molecular formula is C11H14N4O3S. The van der Waals surface area contributed by atoms with Crippen LogP contribution in [-0.4, -0.2) is 47.7 Å². The Kier molecular flexibility index (Phi) is 3.82. The molecule has 0 unspecified atom stereocenters. The maximum Gasteiger partial charge on any atom is 0.275 e. The van der Waals surface area contributed by atoms with Gasteiger partial charge in [0.2, 0.25) is 11.8 Å². The highest BCUT2D eigenvalue weighted by Gasteiger charge is 2.27. The zero-order chi connectivity index (χ0) is 14.0. The fraction of sp³-hybridized carbons (Fsp3) is 0.364. The van der Waals surface area contributed by atoms with Gasteiger partial charge >= 0.3 is 0 Å². The maximum atomic E-state index is 11.8. The molecule has 0 aromatic carbocycles. The van der Waals surface area contributed by atoms with Crippen molar-refractivity contribution < 1.29 is 14.4 Å². The molecule has 8 heteroatoms. The number of thiophene rings is 1. The molecule has 1 saturated heterocycles. The number of hydrogen-bond acceptors (Lipinski definition) is 5. The van der Waals surface area contributed by atoms with Crippen LogP contribution in [-0.2, 0) is 16.1 Å². The van der Waals surface area contributed by atoms with Crippen molar-refractivity contribution in [2.45, 2.75) is 6.54 Å². The minimum absolute atomic E-state index is 0.0751. The second kappa shape index (κ2) is 5.37. The first kappa shape index (κ1) is 13.5. The Hall–Kier alpha value is -1.93. The van der Waals surface area contributed by atoms with Crippen LogP contribution in [0.5, 0.6) is 0 Å². The number of piperazine rings is 1. The second-order valence-electron chi connectivity index (χ2n) is 4.24. The molecule has 1 fully saturated rings. The lowest BCUT2D eigenvalue weighted by atomic mass is 10.3. The van der Waals surface area contributed by atoms with Crippen LogP contribution in [0, 0.1) is 0 Å². The monoisotopic (exact) mass is 282 g/mol. The number of rotatable bonds is 3. The molecule has 1 aliphatic rings. The summed E-state index contributed by atoms with van der Waals surface area (Å²) in [5.41, 5.74) is 2.05. The number of amides is 3. The average Bonchev–Trinajstić information content (AvgIpc) is 2.83. The standard InChI is InChI=1S/C11H14N4O3S/c1-14-5-10(17)15(6-9(14)16)4-7-2-3-8(19-7)11(18)13-12/h2-3H,4-6,12H2,1H3,(H,13,18). The van der Waals surface area contributed by atoms with Gasteiger partial charge in [0.1, 0.15) is 6.54 Å². The summed E-state index contributed by atoms with van der Waals surface area (Å²) in [6.45, 7) is 0.507. The van der Waals surface area contributed by atoms with Gasteiger partial charge in [-0.3, -0.25) is 19.8 Å². The smallest absolute Gasteiger partial charge is 0.275 e. The lowest BCUT2D eigenvalue weighted by Gasteiger charge is -2.31. The second-order valence-corrected chi connectivity index (χ2v) is 5.41. The molecule has 2 heterocycles. The van der Waals surface area contributed by atoms with Gasteiger partial charge in [-0.15, -0.1) is 11.3 Å². The van der Waals surface area contributed by atoms with Crippen LogP contribution in [0.25, 0.3) is 0 Å². The van der Waals surface area contributed by atoms with Gasteiger partial charge in [-0.1, -0.05) is 0 Å². The van der Waals surface area contributed by atoms with E-state index in [-0.39, 0.29) is 30.8 Å². The van der Waals surface area contributed by atoms with Crippen molar-refractivity contribution in [3.63, 3.8) is 0 Å². The van der Waals surface area contributed by atoms with E-state index in [1.165, 1.54) is 21.1 Å². The van der Waals surface area contributed by atoms with E-state index in [0.29, 0.717) is 11.4 Å². The predicted octanol–water partition coefficient (Wildman–Crippen LogP) is -0.848. The minimum atomic E-state index is -0.364. The number of hydrogen-bond donors (Lipinski definition) is 2. The molecule has 1 aliphatic heterocycles. The number of nitrogens with one attached hydrogen (secondary N) is 1. The SMILES string of the molecule is CN1CC(=O)N(Cc2ccc(C(=O)NN)s2)CC1=O. The van der Waals surface area contributed by atoms with E-state index in [0.717, 1.165) is 4.88 Å². The first-order valence-electron chi connectivity index (χ1n) is 5.62. The predicted molar refractivity (Wildman–Crippen MR) is 69.0 cm³/mol. The number of nitrogens with zero attached hydrogens (tertiary/aromatic N) is 2. The third kappa shape index (κ3) is 2.91. The highest BCUT2D eigenvalue weighted by molar-refractivity contribution is 7.14. The quantitative estimate of drug-likeness (QED) is 0.429. The van der Waals surface area contributed by atoms with Gasteiger partial charge in [-0.25, -0.2) is 5.84 Å². The van der Waals surface area contributed by atoms with Crippen LogP contribution in [0.4, 0.5) is 0 Å². The van der Waals surface area contributed by atoms with Crippen LogP contribution in [0.3, 0.4) is 0 Å². The van der Waals surface area contributed by atoms with E-state index in [1.807, 2.05) is 0 Å². The van der Waals surface area contributed by atoms with Crippen molar-refractivity contribution in [3.8, 4) is 0 Å². The zero-order valence-electron chi connectivity index (χ0n) is 10.4. The van der Waals surface area contributed by atoms with Crippen LogP contribution in [0.15, 0.2) is 12.1 Å². The topological polar surface area (TPSA) is 95.7 Å². The van der Waals surface area contributed by atoms with Crippen molar-refractivity contribution in [1.82, 2.24) is 15.2 Å². The summed E-state index contributed by atoms with van der Waals surface area (Å²) < 4.78 is 0. The molecule has 0 atom stereocenters. The molecule has 7 nitrogen and oxygen atoms in total. The van der Waals surface area contributed by atoms with Crippen molar-refractivity contribution in [3.05, 3.63) is 21.9 Å². The molecule has 0 aliphatic carbocycles. The lowest BCUT2D eigenvalue weighted by molar-refractivity contribution is -0.149. The van der Waals surface area contributed by atoms with Gasteiger partial charge in [0.15, 0.2) is 0 Å². The van der Waals surface area contributed by atoms with Crippen LogP contribution in [0.1, 0.15) is 14.5 Å². The number of carbonyl (C=O) groups excluding carboxylic acids is 3. The fourth-order valence-corrected chi connectivity index (χ4v) is 2.68. The van der Waals surface area contributed by atoms with Crippen LogP contribution in [0.2, 0.25) is 0 Å². The van der Waals surface area contributed by atoms with Gasteiger partial charge in [0.05, 0.1) is 18.0 Å². The zero-order valence-corrected chi connectivity index (χ0v) is 11.2. The third-order valence-corrected chi connectivity index (χ3v) is 3.91. The van der Waals surface area contributed by atoms with E-state index in [9.17, 15) is 14.4 Å². The Bertz CT molecular complexity index is 528. The lowest BCUT2D eigenvalue weighted by Crippen LogP contribution is -2.51. The number of carbonyl (C=O) groups is 3. The van der Waals surface area contributed by atoms with Gasteiger partial charge in [0, 0.05) is 11.9 Å². The molecule has 3 N–H and O–H groups in total. The molecular weight excluding hydrogens is 268 g/mol. The van der Waals surface area contributed by atoms with E-state index >= 15 is 0 Å². The Balaban J connectivity index is 2.05. The van der Waals surface area contributed by atoms with E-state index in [1.54, 1.807) is 19.2 Å². The Labute approximate surface area is 113 Å². The molecule has 1 aromatic heterocycles. The number of likely N-dealkylation sites (N-methyl/N-ethyl adjacent to an activating group) is 1. The van der Waals surface area contributed by atoms with Gasteiger partial charge in [-0.2, -0.15) is 0 Å². The highest BCUT2D eigenvalue weighted by Crippen LogP contribution is 2.19. The summed E-state index contributed by atoms with van der Waals surface area (Å²) >= 11 is 1.25. The van der Waals surface area contributed by atoms with Gasteiger partial charge in [0.25, 0.3) is 5.91 Å². The Morgan fingerprint density at radius 1 is 1.37 bits per heavy atom. The summed E-state index contributed by atoms with van der Waals surface area (Å²) in [6.07, 6.45) is 0. The molecule has 0 radical (unpaired) electrons.